The fraction of sp³-hybridized carbons (Fsp3) is 0.917. The Morgan fingerprint density at radius 3 is 2.76 bits per heavy atom. The standard InChI is InChI=1S/C12H23NO4/c1-12(2,3)17-11(15)13-8-9(14)10-6-4-5-7-16-10/h9-10,14H,4-8H2,1-3H3,(H,13,15). The first-order valence-corrected chi connectivity index (χ1v) is 6.15. The molecule has 0 radical (unpaired) electrons. The molecule has 1 fully saturated rings. The summed E-state index contributed by atoms with van der Waals surface area (Å²) >= 11 is 0. The lowest BCUT2D eigenvalue weighted by atomic mass is 10.0. The second kappa shape index (κ2) is 6.21. The molecule has 5 heteroatoms. The van der Waals surface area contributed by atoms with Crippen molar-refractivity contribution in [1.29, 1.82) is 0 Å². The minimum atomic E-state index is -0.664. The third kappa shape index (κ3) is 5.89. The van der Waals surface area contributed by atoms with Gasteiger partial charge in [0.1, 0.15) is 5.60 Å². The van der Waals surface area contributed by atoms with Crippen LogP contribution in [-0.2, 0) is 9.47 Å². The smallest absolute Gasteiger partial charge is 0.407 e. The third-order valence-corrected chi connectivity index (χ3v) is 2.50. The molecule has 100 valence electrons. The normalized spacial score (nSPS) is 22.9. The number of aliphatic hydroxyl groups is 1. The maximum absolute atomic E-state index is 11.4. The molecular weight excluding hydrogens is 222 g/mol. The van der Waals surface area contributed by atoms with E-state index in [-0.39, 0.29) is 12.6 Å². The number of hydrogen-bond acceptors (Lipinski definition) is 4. The average Bonchev–Trinajstić information content (AvgIpc) is 2.25. The molecule has 1 amide bonds. The van der Waals surface area contributed by atoms with E-state index in [9.17, 15) is 9.90 Å². The van der Waals surface area contributed by atoms with Gasteiger partial charge in [-0.05, 0) is 40.0 Å². The van der Waals surface area contributed by atoms with Crippen molar-refractivity contribution in [3.63, 3.8) is 0 Å². The number of carbonyl (C=O) groups excluding carboxylic acids is 1. The number of hydrogen-bond donors (Lipinski definition) is 2. The lowest BCUT2D eigenvalue weighted by molar-refractivity contribution is -0.0608. The number of alkyl carbamates (subject to hydrolysis) is 1. The van der Waals surface area contributed by atoms with Crippen molar-refractivity contribution in [2.24, 2.45) is 0 Å². The number of rotatable bonds is 3. The minimum Gasteiger partial charge on any atom is -0.444 e. The van der Waals surface area contributed by atoms with E-state index in [1.165, 1.54) is 0 Å². The molecule has 2 atom stereocenters. The largest absolute Gasteiger partial charge is 0.444 e. The highest BCUT2D eigenvalue weighted by atomic mass is 16.6. The SMILES string of the molecule is CC(C)(C)OC(=O)NCC(O)C1CCCCO1. The van der Waals surface area contributed by atoms with Crippen LogP contribution in [0.15, 0.2) is 0 Å². The third-order valence-electron chi connectivity index (χ3n) is 2.50. The van der Waals surface area contributed by atoms with Gasteiger partial charge in [0, 0.05) is 13.2 Å². The molecule has 1 rings (SSSR count). The van der Waals surface area contributed by atoms with Crippen molar-refractivity contribution in [3.8, 4) is 0 Å². The molecule has 2 N–H and O–H groups in total. The van der Waals surface area contributed by atoms with E-state index in [1.807, 2.05) is 0 Å². The maximum atomic E-state index is 11.4. The Hall–Kier alpha value is -0.810. The predicted octanol–water partition coefficient (Wildman–Crippen LogP) is 1.44. The molecule has 0 aromatic rings. The van der Waals surface area contributed by atoms with Crippen LogP contribution < -0.4 is 5.32 Å². The first kappa shape index (κ1) is 14.3. The molecular formula is C12H23NO4. The van der Waals surface area contributed by atoms with Crippen molar-refractivity contribution in [3.05, 3.63) is 0 Å². The predicted molar refractivity (Wildman–Crippen MR) is 63.8 cm³/mol. The van der Waals surface area contributed by atoms with Crippen molar-refractivity contribution in [2.45, 2.75) is 57.8 Å². The Bertz CT molecular complexity index is 243. The van der Waals surface area contributed by atoms with Gasteiger partial charge in [-0.25, -0.2) is 4.79 Å². The van der Waals surface area contributed by atoms with E-state index in [0.717, 1.165) is 19.3 Å². The molecule has 1 aliphatic heterocycles. The molecule has 0 spiro atoms. The molecule has 5 nitrogen and oxygen atoms in total. The molecule has 1 heterocycles. The quantitative estimate of drug-likeness (QED) is 0.789. The maximum Gasteiger partial charge on any atom is 0.407 e. The number of carbonyl (C=O) groups is 1. The van der Waals surface area contributed by atoms with Crippen LogP contribution in [0.4, 0.5) is 4.79 Å². The van der Waals surface area contributed by atoms with Crippen molar-refractivity contribution < 1.29 is 19.4 Å². The first-order chi connectivity index (χ1) is 7.88. The van der Waals surface area contributed by atoms with E-state index >= 15 is 0 Å². The van der Waals surface area contributed by atoms with Gasteiger partial charge in [0.2, 0.25) is 0 Å². The summed E-state index contributed by atoms with van der Waals surface area (Å²) in [6.45, 7) is 6.25. The Labute approximate surface area is 102 Å². The Balaban J connectivity index is 2.22. The van der Waals surface area contributed by atoms with Crippen LogP contribution in [0.3, 0.4) is 0 Å². The van der Waals surface area contributed by atoms with Gasteiger partial charge in [0.25, 0.3) is 0 Å². The van der Waals surface area contributed by atoms with Gasteiger partial charge in [-0.15, -0.1) is 0 Å². The van der Waals surface area contributed by atoms with Gasteiger partial charge < -0.3 is 19.9 Å². The summed E-state index contributed by atoms with van der Waals surface area (Å²) in [4.78, 5) is 11.4. The highest BCUT2D eigenvalue weighted by molar-refractivity contribution is 5.67. The van der Waals surface area contributed by atoms with E-state index in [0.29, 0.717) is 6.61 Å². The summed E-state index contributed by atoms with van der Waals surface area (Å²) in [6, 6.07) is 0. The van der Waals surface area contributed by atoms with Gasteiger partial charge in [-0.2, -0.15) is 0 Å². The Morgan fingerprint density at radius 1 is 1.53 bits per heavy atom. The molecule has 0 aromatic heterocycles. The Morgan fingerprint density at radius 2 is 2.24 bits per heavy atom. The summed E-state index contributed by atoms with van der Waals surface area (Å²) < 4.78 is 10.5. The molecule has 1 saturated heterocycles. The average molecular weight is 245 g/mol. The van der Waals surface area contributed by atoms with Crippen LogP contribution in [0.1, 0.15) is 40.0 Å². The second-order valence-corrected chi connectivity index (χ2v) is 5.36. The van der Waals surface area contributed by atoms with Gasteiger partial charge in [-0.3, -0.25) is 0 Å². The molecule has 0 aromatic carbocycles. The number of nitrogens with one attached hydrogen (secondary N) is 1. The van der Waals surface area contributed by atoms with Gasteiger partial charge in [-0.1, -0.05) is 0 Å². The molecule has 1 aliphatic rings. The zero-order valence-electron chi connectivity index (χ0n) is 10.9. The molecule has 2 unspecified atom stereocenters. The van der Waals surface area contributed by atoms with Crippen LogP contribution in [0.25, 0.3) is 0 Å². The summed E-state index contributed by atoms with van der Waals surface area (Å²) in [5.41, 5.74) is -0.517. The van der Waals surface area contributed by atoms with E-state index in [2.05, 4.69) is 5.32 Å². The van der Waals surface area contributed by atoms with E-state index in [1.54, 1.807) is 20.8 Å². The van der Waals surface area contributed by atoms with Crippen molar-refractivity contribution >= 4 is 6.09 Å². The van der Waals surface area contributed by atoms with E-state index < -0.39 is 17.8 Å². The summed E-state index contributed by atoms with van der Waals surface area (Å²) in [5.74, 6) is 0. The number of aliphatic hydroxyl groups excluding tert-OH is 1. The Kier molecular flexibility index (Phi) is 5.21. The topological polar surface area (TPSA) is 67.8 Å². The number of ether oxygens (including phenoxy) is 2. The monoisotopic (exact) mass is 245 g/mol. The molecule has 17 heavy (non-hydrogen) atoms. The van der Waals surface area contributed by atoms with E-state index in [4.69, 9.17) is 9.47 Å². The fourth-order valence-corrected chi connectivity index (χ4v) is 1.70. The second-order valence-electron chi connectivity index (χ2n) is 5.36. The summed E-state index contributed by atoms with van der Waals surface area (Å²) in [5, 5.41) is 12.4. The first-order valence-electron chi connectivity index (χ1n) is 6.15. The zero-order chi connectivity index (χ0) is 12.9. The summed E-state index contributed by atoms with van der Waals surface area (Å²) in [7, 11) is 0. The molecule has 0 saturated carbocycles. The van der Waals surface area contributed by atoms with Gasteiger partial charge in [0.05, 0.1) is 12.2 Å². The minimum absolute atomic E-state index is 0.166. The van der Waals surface area contributed by atoms with Crippen LogP contribution in [0.2, 0.25) is 0 Å². The highest BCUT2D eigenvalue weighted by Gasteiger charge is 2.24. The fourth-order valence-electron chi connectivity index (χ4n) is 1.70. The summed E-state index contributed by atoms with van der Waals surface area (Å²) in [6.07, 6.45) is 1.61. The molecule has 0 aliphatic carbocycles. The highest BCUT2D eigenvalue weighted by Crippen LogP contribution is 2.15. The van der Waals surface area contributed by atoms with Crippen LogP contribution in [0.5, 0.6) is 0 Å². The zero-order valence-corrected chi connectivity index (χ0v) is 10.9. The lowest BCUT2D eigenvalue weighted by Gasteiger charge is -2.27. The van der Waals surface area contributed by atoms with Crippen molar-refractivity contribution in [2.75, 3.05) is 13.2 Å². The van der Waals surface area contributed by atoms with Crippen LogP contribution in [0, 0.1) is 0 Å². The van der Waals surface area contributed by atoms with Crippen LogP contribution in [-0.4, -0.2) is 42.2 Å². The lowest BCUT2D eigenvalue weighted by Crippen LogP contribution is -2.43. The van der Waals surface area contributed by atoms with Crippen LogP contribution >= 0.6 is 0 Å². The molecule has 0 bridgehead atoms. The van der Waals surface area contributed by atoms with Crippen molar-refractivity contribution in [1.82, 2.24) is 5.32 Å². The van der Waals surface area contributed by atoms with Gasteiger partial charge >= 0.3 is 6.09 Å². The number of amides is 1. The van der Waals surface area contributed by atoms with Gasteiger partial charge in [0.15, 0.2) is 0 Å².